The highest BCUT2D eigenvalue weighted by molar-refractivity contribution is 5.93. The molecule has 2 heterocycles. The first kappa shape index (κ1) is 21.6. The Morgan fingerprint density at radius 1 is 1.00 bits per heavy atom. The van der Waals surface area contributed by atoms with Crippen molar-refractivity contribution in [3.05, 3.63) is 89.5 Å². The van der Waals surface area contributed by atoms with Crippen LogP contribution in [0, 0.1) is 13.8 Å². The van der Waals surface area contributed by atoms with E-state index in [2.05, 4.69) is 53.0 Å². The zero-order valence-electron chi connectivity index (χ0n) is 18.5. The fourth-order valence-electron chi connectivity index (χ4n) is 3.85. The van der Waals surface area contributed by atoms with Crippen molar-refractivity contribution in [1.29, 1.82) is 0 Å². The molecule has 0 aliphatic heterocycles. The third kappa shape index (κ3) is 5.32. The summed E-state index contributed by atoms with van der Waals surface area (Å²) >= 11 is 0. The SMILES string of the molecule is Cc1cc(C)cc(OCCCCn2c(CNC(=O)c3ccncc3)nc3ccccc32)c1. The third-order valence-corrected chi connectivity index (χ3v) is 5.32. The van der Waals surface area contributed by atoms with E-state index in [9.17, 15) is 4.79 Å². The number of nitrogens with one attached hydrogen (secondary N) is 1. The van der Waals surface area contributed by atoms with Crippen LogP contribution in [0.1, 0.15) is 40.2 Å². The highest BCUT2D eigenvalue weighted by Gasteiger charge is 2.12. The minimum Gasteiger partial charge on any atom is -0.494 e. The molecule has 0 unspecified atom stereocenters. The third-order valence-electron chi connectivity index (χ3n) is 5.32. The van der Waals surface area contributed by atoms with Gasteiger partial charge in [0.15, 0.2) is 0 Å². The molecule has 1 N–H and O–H groups in total. The number of hydrogen-bond acceptors (Lipinski definition) is 4. The largest absolute Gasteiger partial charge is 0.494 e. The van der Waals surface area contributed by atoms with E-state index in [1.807, 2.05) is 18.2 Å². The lowest BCUT2D eigenvalue weighted by Gasteiger charge is -2.11. The predicted octanol–water partition coefficient (Wildman–Crippen LogP) is 4.84. The summed E-state index contributed by atoms with van der Waals surface area (Å²) in [7, 11) is 0. The van der Waals surface area contributed by atoms with Crippen molar-refractivity contribution in [2.45, 2.75) is 39.8 Å². The molecule has 2 aromatic heterocycles. The van der Waals surface area contributed by atoms with Gasteiger partial charge in [-0.2, -0.15) is 0 Å². The molecule has 2 aromatic carbocycles. The number of benzene rings is 2. The first-order valence-corrected chi connectivity index (χ1v) is 10.9. The Labute approximate surface area is 188 Å². The summed E-state index contributed by atoms with van der Waals surface area (Å²) in [6.45, 7) is 6.02. The Morgan fingerprint density at radius 3 is 2.53 bits per heavy atom. The topological polar surface area (TPSA) is 69.0 Å². The summed E-state index contributed by atoms with van der Waals surface area (Å²) in [6.07, 6.45) is 5.12. The van der Waals surface area contributed by atoms with Gasteiger partial charge in [0.1, 0.15) is 11.6 Å². The Kier molecular flexibility index (Phi) is 6.80. The van der Waals surface area contributed by atoms with Crippen molar-refractivity contribution in [3.63, 3.8) is 0 Å². The molecule has 0 bridgehead atoms. The normalized spacial score (nSPS) is 10.9. The zero-order valence-corrected chi connectivity index (χ0v) is 18.5. The van der Waals surface area contributed by atoms with Crippen molar-refractivity contribution in [1.82, 2.24) is 19.9 Å². The smallest absolute Gasteiger partial charge is 0.251 e. The monoisotopic (exact) mass is 428 g/mol. The van der Waals surface area contributed by atoms with Crippen molar-refractivity contribution in [3.8, 4) is 5.75 Å². The maximum Gasteiger partial charge on any atom is 0.251 e. The molecule has 0 aliphatic rings. The number of imidazole rings is 1. The number of nitrogens with zero attached hydrogens (tertiary/aromatic N) is 3. The molecular weight excluding hydrogens is 400 g/mol. The number of para-hydroxylation sites is 2. The summed E-state index contributed by atoms with van der Waals surface area (Å²) in [6, 6.07) is 17.8. The van der Waals surface area contributed by atoms with Gasteiger partial charge in [0, 0.05) is 24.5 Å². The van der Waals surface area contributed by atoms with Gasteiger partial charge in [0.2, 0.25) is 0 Å². The van der Waals surface area contributed by atoms with Gasteiger partial charge < -0.3 is 14.6 Å². The molecular formula is C26H28N4O2. The number of hydrogen-bond donors (Lipinski definition) is 1. The molecule has 0 atom stereocenters. The summed E-state index contributed by atoms with van der Waals surface area (Å²) in [5.74, 6) is 1.65. The molecule has 4 rings (SSSR count). The van der Waals surface area contributed by atoms with Crippen molar-refractivity contribution in [2.75, 3.05) is 6.61 Å². The van der Waals surface area contributed by atoms with Gasteiger partial charge in [-0.15, -0.1) is 0 Å². The van der Waals surface area contributed by atoms with E-state index >= 15 is 0 Å². The number of carbonyl (C=O) groups excluding carboxylic acids is 1. The van der Waals surface area contributed by atoms with Crippen molar-refractivity contribution < 1.29 is 9.53 Å². The number of fused-ring (bicyclic) bond motifs is 1. The van der Waals surface area contributed by atoms with Crippen LogP contribution in [-0.4, -0.2) is 27.0 Å². The second-order valence-electron chi connectivity index (χ2n) is 7.97. The van der Waals surface area contributed by atoms with Gasteiger partial charge in [-0.05, 0) is 74.2 Å². The molecule has 0 fully saturated rings. The number of aryl methyl sites for hydroxylation is 3. The van der Waals surface area contributed by atoms with E-state index < -0.39 is 0 Å². The minimum absolute atomic E-state index is 0.132. The second kappa shape index (κ2) is 10.1. The van der Waals surface area contributed by atoms with Gasteiger partial charge in [-0.25, -0.2) is 4.98 Å². The van der Waals surface area contributed by atoms with Crippen molar-refractivity contribution >= 4 is 16.9 Å². The first-order valence-electron chi connectivity index (χ1n) is 10.9. The van der Waals surface area contributed by atoms with E-state index in [-0.39, 0.29) is 5.91 Å². The number of rotatable bonds is 9. The molecule has 6 nitrogen and oxygen atoms in total. The molecule has 32 heavy (non-hydrogen) atoms. The van der Waals surface area contributed by atoms with E-state index in [1.54, 1.807) is 24.5 Å². The fourth-order valence-corrected chi connectivity index (χ4v) is 3.85. The molecule has 0 saturated heterocycles. The number of amides is 1. The average Bonchev–Trinajstić information content (AvgIpc) is 3.14. The zero-order chi connectivity index (χ0) is 22.3. The van der Waals surface area contributed by atoms with Crippen LogP contribution in [0.4, 0.5) is 0 Å². The fraction of sp³-hybridized carbons (Fsp3) is 0.269. The molecule has 164 valence electrons. The quantitative estimate of drug-likeness (QED) is 0.388. The van der Waals surface area contributed by atoms with Crippen molar-refractivity contribution in [2.24, 2.45) is 0 Å². The van der Waals surface area contributed by atoms with Gasteiger partial charge in [0.05, 0.1) is 24.2 Å². The number of aromatic nitrogens is 3. The molecule has 6 heteroatoms. The maximum absolute atomic E-state index is 12.4. The number of ether oxygens (including phenoxy) is 1. The Balaban J connectivity index is 1.37. The summed E-state index contributed by atoms with van der Waals surface area (Å²) < 4.78 is 8.14. The number of unbranched alkanes of at least 4 members (excludes halogenated alkanes) is 1. The van der Waals surface area contributed by atoms with Gasteiger partial charge in [-0.3, -0.25) is 9.78 Å². The Morgan fingerprint density at radius 2 is 1.75 bits per heavy atom. The van der Waals surface area contributed by atoms with Crippen LogP contribution in [0.5, 0.6) is 5.75 Å². The molecule has 4 aromatic rings. The lowest BCUT2D eigenvalue weighted by atomic mass is 10.1. The predicted molar refractivity (Wildman–Crippen MR) is 126 cm³/mol. The minimum atomic E-state index is -0.132. The van der Waals surface area contributed by atoms with E-state index in [1.165, 1.54) is 11.1 Å². The highest BCUT2D eigenvalue weighted by Crippen LogP contribution is 2.19. The molecule has 0 saturated carbocycles. The lowest BCUT2D eigenvalue weighted by molar-refractivity contribution is 0.0949. The van der Waals surface area contributed by atoms with E-state index in [0.29, 0.717) is 18.7 Å². The van der Waals surface area contributed by atoms with Crippen LogP contribution in [0.25, 0.3) is 11.0 Å². The van der Waals surface area contributed by atoms with Gasteiger partial charge >= 0.3 is 0 Å². The summed E-state index contributed by atoms with van der Waals surface area (Å²) in [4.78, 5) is 21.1. The maximum atomic E-state index is 12.4. The van der Waals surface area contributed by atoms with E-state index in [4.69, 9.17) is 9.72 Å². The Bertz CT molecular complexity index is 1180. The van der Waals surface area contributed by atoms with E-state index in [0.717, 1.165) is 42.0 Å². The summed E-state index contributed by atoms with van der Waals surface area (Å²) in [5, 5.41) is 2.98. The van der Waals surface area contributed by atoms with Gasteiger partial charge in [-0.1, -0.05) is 18.2 Å². The van der Waals surface area contributed by atoms with Crippen LogP contribution in [0.2, 0.25) is 0 Å². The molecule has 0 radical (unpaired) electrons. The average molecular weight is 429 g/mol. The number of pyridine rings is 1. The molecule has 0 spiro atoms. The van der Waals surface area contributed by atoms with Crippen LogP contribution < -0.4 is 10.1 Å². The molecule has 0 aliphatic carbocycles. The number of carbonyl (C=O) groups is 1. The lowest BCUT2D eigenvalue weighted by Crippen LogP contribution is -2.24. The Hall–Kier alpha value is -3.67. The highest BCUT2D eigenvalue weighted by atomic mass is 16.5. The molecule has 1 amide bonds. The first-order chi connectivity index (χ1) is 15.6. The van der Waals surface area contributed by atoms with Crippen LogP contribution in [0.15, 0.2) is 67.0 Å². The standard InChI is InChI=1S/C26H28N4O2/c1-19-15-20(2)17-22(16-19)32-14-6-5-13-30-24-8-4-3-7-23(24)29-25(30)18-28-26(31)21-9-11-27-12-10-21/h3-4,7-12,15-17H,5-6,13-14,18H2,1-2H3,(H,28,31). The van der Waals surface area contributed by atoms with Crippen LogP contribution in [-0.2, 0) is 13.1 Å². The second-order valence-corrected chi connectivity index (χ2v) is 7.97. The summed E-state index contributed by atoms with van der Waals surface area (Å²) in [5.41, 5.74) is 5.03. The van der Waals surface area contributed by atoms with Crippen LogP contribution in [0.3, 0.4) is 0 Å². The van der Waals surface area contributed by atoms with Gasteiger partial charge in [0.25, 0.3) is 5.91 Å². The van der Waals surface area contributed by atoms with Crippen LogP contribution >= 0.6 is 0 Å².